The van der Waals surface area contributed by atoms with Gasteiger partial charge in [-0.3, -0.25) is 4.98 Å². The number of aromatic nitrogens is 4. The van der Waals surface area contributed by atoms with Gasteiger partial charge in [-0.15, -0.1) is 0 Å². The number of nitriles is 1. The van der Waals surface area contributed by atoms with Crippen molar-refractivity contribution in [3.05, 3.63) is 72.2 Å². The van der Waals surface area contributed by atoms with E-state index in [1.54, 1.807) is 0 Å². The van der Waals surface area contributed by atoms with Gasteiger partial charge in [0.15, 0.2) is 5.82 Å². The summed E-state index contributed by atoms with van der Waals surface area (Å²) < 4.78 is 1.82. The SMILES string of the molecule is N#CC1(c2cccc(-n3ncc4ccc(-c5cccc(C(N)C6CC(O)C6)n5)cc43)n2)CC1. The van der Waals surface area contributed by atoms with Gasteiger partial charge in [0, 0.05) is 10.9 Å². The first kappa shape index (κ1) is 20.0. The van der Waals surface area contributed by atoms with Gasteiger partial charge in [-0.05, 0) is 61.9 Å². The van der Waals surface area contributed by atoms with Crippen LogP contribution in [0.3, 0.4) is 0 Å². The summed E-state index contributed by atoms with van der Waals surface area (Å²) in [4.78, 5) is 9.62. The van der Waals surface area contributed by atoms with Crippen molar-refractivity contribution in [1.82, 2.24) is 19.7 Å². The monoisotopic (exact) mass is 436 g/mol. The molecule has 0 aliphatic heterocycles. The van der Waals surface area contributed by atoms with Crippen LogP contribution in [0.2, 0.25) is 0 Å². The third-order valence-electron chi connectivity index (χ3n) is 7.04. The lowest BCUT2D eigenvalue weighted by atomic mass is 9.76. The van der Waals surface area contributed by atoms with E-state index in [1.807, 2.05) is 59.4 Å². The topological polar surface area (TPSA) is 114 Å². The van der Waals surface area contributed by atoms with Gasteiger partial charge in [0.2, 0.25) is 0 Å². The average Bonchev–Trinajstić information content (AvgIpc) is 3.53. The van der Waals surface area contributed by atoms with Crippen molar-refractivity contribution in [2.75, 3.05) is 0 Å². The third kappa shape index (κ3) is 3.39. The molecular formula is C26H24N6O. The van der Waals surface area contributed by atoms with Crippen molar-refractivity contribution in [2.24, 2.45) is 11.7 Å². The first-order chi connectivity index (χ1) is 16.1. The van der Waals surface area contributed by atoms with Crippen LogP contribution in [-0.2, 0) is 5.41 Å². The minimum absolute atomic E-state index is 0.176. The molecule has 2 aliphatic carbocycles. The van der Waals surface area contributed by atoms with Gasteiger partial charge in [-0.1, -0.05) is 24.3 Å². The van der Waals surface area contributed by atoms with Crippen molar-refractivity contribution in [3.63, 3.8) is 0 Å². The fourth-order valence-electron chi connectivity index (χ4n) is 4.68. The molecule has 2 aliphatic rings. The summed E-state index contributed by atoms with van der Waals surface area (Å²) in [6, 6.07) is 20.1. The Hall–Kier alpha value is -3.60. The van der Waals surface area contributed by atoms with Gasteiger partial charge >= 0.3 is 0 Å². The van der Waals surface area contributed by atoms with Crippen LogP contribution in [0.1, 0.15) is 43.1 Å². The van der Waals surface area contributed by atoms with Gasteiger partial charge in [0.05, 0.1) is 52.4 Å². The normalized spacial score (nSPS) is 21.8. The van der Waals surface area contributed by atoms with Crippen LogP contribution >= 0.6 is 0 Å². The van der Waals surface area contributed by atoms with Gasteiger partial charge in [-0.2, -0.15) is 10.4 Å². The van der Waals surface area contributed by atoms with E-state index >= 15 is 0 Å². The van der Waals surface area contributed by atoms with E-state index in [1.165, 1.54) is 0 Å². The van der Waals surface area contributed by atoms with Crippen LogP contribution in [0.15, 0.2) is 60.8 Å². The fourth-order valence-corrected chi connectivity index (χ4v) is 4.68. The smallest absolute Gasteiger partial charge is 0.154 e. The van der Waals surface area contributed by atoms with E-state index in [-0.39, 0.29) is 18.1 Å². The third-order valence-corrected chi connectivity index (χ3v) is 7.04. The lowest BCUT2D eigenvalue weighted by molar-refractivity contribution is 0.0302. The second-order valence-electron chi connectivity index (χ2n) is 9.26. The molecule has 3 aromatic heterocycles. The highest BCUT2D eigenvalue weighted by Crippen LogP contribution is 2.46. The second-order valence-corrected chi connectivity index (χ2v) is 9.26. The Morgan fingerprint density at radius 2 is 1.91 bits per heavy atom. The number of rotatable bonds is 5. The van der Waals surface area contributed by atoms with E-state index in [9.17, 15) is 10.4 Å². The number of nitrogens with two attached hydrogens (primary N) is 1. The molecule has 2 fully saturated rings. The molecule has 3 heterocycles. The molecule has 0 spiro atoms. The summed E-state index contributed by atoms with van der Waals surface area (Å²) in [6.45, 7) is 0. The molecule has 3 N–H and O–H groups in total. The lowest BCUT2D eigenvalue weighted by Crippen LogP contribution is -2.36. The summed E-state index contributed by atoms with van der Waals surface area (Å²) >= 11 is 0. The van der Waals surface area contributed by atoms with E-state index in [4.69, 9.17) is 15.7 Å². The number of hydrogen-bond donors (Lipinski definition) is 2. The number of hydrogen-bond acceptors (Lipinski definition) is 6. The molecule has 1 unspecified atom stereocenters. The first-order valence-electron chi connectivity index (χ1n) is 11.3. The zero-order valence-corrected chi connectivity index (χ0v) is 18.1. The molecule has 0 bridgehead atoms. The number of aliphatic hydroxyl groups excluding tert-OH is 1. The Morgan fingerprint density at radius 3 is 2.67 bits per heavy atom. The molecule has 1 aromatic carbocycles. The summed E-state index contributed by atoms with van der Waals surface area (Å²) in [5.41, 5.74) is 10.4. The number of benzene rings is 1. The van der Waals surface area contributed by atoms with Crippen LogP contribution in [0.4, 0.5) is 0 Å². The molecule has 7 nitrogen and oxygen atoms in total. The molecule has 4 aromatic rings. The van der Waals surface area contributed by atoms with Crippen molar-refractivity contribution in [3.8, 4) is 23.1 Å². The van der Waals surface area contributed by atoms with E-state index in [0.717, 1.165) is 59.2 Å². The molecule has 2 saturated carbocycles. The van der Waals surface area contributed by atoms with Gasteiger partial charge in [0.1, 0.15) is 0 Å². The Morgan fingerprint density at radius 1 is 1.09 bits per heavy atom. The number of nitrogens with zero attached hydrogens (tertiary/aromatic N) is 5. The van der Waals surface area contributed by atoms with E-state index < -0.39 is 5.41 Å². The van der Waals surface area contributed by atoms with E-state index in [2.05, 4.69) is 17.2 Å². The summed E-state index contributed by atoms with van der Waals surface area (Å²) in [5, 5.41) is 24.7. The second kappa shape index (κ2) is 7.48. The maximum Gasteiger partial charge on any atom is 0.154 e. The molecule has 0 radical (unpaired) electrons. The van der Waals surface area contributed by atoms with Crippen molar-refractivity contribution in [1.29, 1.82) is 5.26 Å². The minimum atomic E-state index is -0.441. The number of fused-ring (bicyclic) bond motifs is 1. The summed E-state index contributed by atoms with van der Waals surface area (Å²) in [5.74, 6) is 0.974. The number of pyridine rings is 2. The van der Waals surface area contributed by atoms with Crippen LogP contribution < -0.4 is 5.73 Å². The molecule has 164 valence electrons. The van der Waals surface area contributed by atoms with E-state index in [0.29, 0.717) is 5.82 Å². The zero-order valence-electron chi connectivity index (χ0n) is 18.1. The standard InChI is InChI=1S/C26H24N6O/c27-15-26(9-10-26)23-5-2-6-24(31-23)32-22-13-16(7-8-17(22)14-29-32)20-3-1-4-21(30-20)25(28)18-11-19(33)12-18/h1-8,13-14,18-19,25,33H,9-12,28H2. The number of aliphatic hydroxyl groups is 1. The molecule has 6 rings (SSSR count). The highest BCUT2D eigenvalue weighted by atomic mass is 16.3. The van der Waals surface area contributed by atoms with Crippen molar-refractivity contribution >= 4 is 10.9 Å². The van der Waals surface area contributed by atoms with Crippen LogP contribution in [0.25, 0.3) is 28.0 Å². The van der Waals surface area contributed by atoms with Crippen LogP contribution in [-0.4, -0.2) is 31.0 Å². The average molecular weight is 437 g/mol. The Bertz CT molecular complexity index is 1390. The van der Waals surface area contributed by atoms with Gasteiger partial charge < -0.3 is 10.8 Å². The molecule has 0 saturated heterocycles. The van der Waals surface area contributed by atoms with Crippen molar-refractivity contribution in [2.45, 2.75) is 43.2 Å². The quantitative estimate of drug-likeness (QED) is 0.492. The molecule has 1 atom stereocenters. The molecule has 33 heavy (non-hydrogen) atoms. The molecular weight excluding hydrogens is 412 g/mol. The van der Waals surface area contributed by atoms with Gasteiger partial charge in [-0.25, -0.2) is 9.67 Å². The molecule has 0 amide bonds. The summed E-state index contributed by atoms with van der Waals surface area (Å²) in [7, 11) is 0. The highest BCUT2D eigenvalue weighted by Gasteiger charge is 2.46. The Labute approximate surface area is 191 Å². The zero-order chi connectivity index (χ0) is 22.6. The Kier molecular flexibility index (Phi) is 4.54. The largest absolute Gasteiger partial charge is 0.393 e. The minimum Gasteiger partial charge on any atom is -0.393 e. The highest BCUT2D eigenvalue weighted by molar-refractivity contribution is 5.84. The molecule has 7 heteroatoms. The summed E-state index contributed by atoms with van der Waals surface area (Å²) in [6.07, 6.45) is 4.77. The maximum absolute atomic E-state index is 9.62. The predicted molar refractivity (Wildman–Crippen MR) is 124 cm³/mol. The first-order valence-corrected chi connectivity index (χ1v) is 11.3. The van der Waals surface area contributed by atoms with Crippen molar-refractivity contribution < 1.29 is 5.11 Å². The maximum atomic E-state index is 9.62. The predicted octanol–water partition coefficient (Wildman–Crippen LogP) is 3.81. The Balaban J connectivity index is 1.36. The lowest BCUT2D eigenvalue weighted by Gasteiger charge is -2.35. The van der Waals surface area contributed by atoms with Gasteiger partial charge in [0.25, 0.3) is 0 Å². The fraction of sp³-hybridized carbons (Fsp3) is 0.308. The van der Waals surface area contributed by atoms with Crippen LogP contribution in [0, 0.1) is 17.2 Å². The van der Waals surface area contributed by atoms with Crippen LogP contribution in [0.5, 0.6) is 0 Å².